The van der Waals surface area contributed by atoms with Crippen molar-refractivity contribution in [3.8, 4) is 0 Å². The second-order valence-corrected chi connectivity index (χ2v) is 5.95. The summed E-state index contributed by atoms with van der Waals surface area (Å²) >= 11 is 8.10. The molecule has 0 saturated carbocycles. The number of benzene rings is 1. The van der Waals surface area contributed by atoms with E-state index in [0.29, 0.717) is 5.92 Å². The van der Waals surface area contributed by atoms with E-state index in [1.807, 2.05) is 12.1 Å². The largest absolute Gasteiger partial charge is 0.316 e. The highest BCUT2D eigenvalue weighted by atomic mass is 35.5. The van der Waals surface area contributed by atoms with Gasteiger partial charge in [0.15, 0.2) is 0 Å². The molecule has 0 aliphatic heterocycles. The molecule has 0 saturated heterocycles. The molecule has 1 atom stereocenters. The number of hydrogen-bond acceptors (Lipinski definition) is 2. The summed E-state index contributed by atoms with van der Waals surface area (Å²) in [5.41, 5.74) is 2.65. The quantitative estimate of drug-likeness (QED) is 0.728. The predicted octanol–water partition coefficient (Wildman–Crippen LogP) is 4.73. The lowest BCUT2D eigenvalue weighted by molar-refractivity contribution is 0.577. The zero-order chi connectivity index (χ0) is 13.5. The van der Waals surface area contributed by atoms with Gasteiger partial charge in [0.25, 0.3) is 0 Å². The summed E-state index contributed by atoms with van der Waals surface area (Å²) < 4.78 is 0. The maximum atomic E-state index is 6.35. The molecule has 3 heteroatoms. The van der Waals surface area contributed by atoms with Crippen LogP contribution in [0.15, 0.2) is 41.1 Å². The predicted molar refractivity (Wildman–Crippen MR) is 85.4 cm³/mol. The SMILES string of the molecule is CCCNCC(Cc1ccsc1)c1ccccc1Cl. The Morgan fingerprint density at radius 3 is 2.79 bits per heavy atom. The van der Waals surface area contributed by atoms with E-state index in [9.17, 15) is 0 Å². The summed E-state index contributed by atoms with van der Waals surface area (Å²) in [6.45, 7) is 4.23. The third kappa shape index (κ3) is 4.34. The molecule has 102 valence electrons. The lowest BCUT2D eigenvalue weighted by atomic mass is 9.93. The van der Waals surface area contributed by atoms with Crippen LogP contribution in [0.4, 0.5) is 0 Å². The van der Waals surface area contributed by atoms with Crippen molar-refractivity contribution in [1.29, 1.82) is 0 Å². The van der Waals surface area contributed by atoms with E-state index in [0.717, 1.165) is 31.0 Å². The highest BCUT2D eigenvalue weighted by Crippen LogP contribution is 2.27. The molecule has 0 radical (unpaired) electrons. The molecule has 0 spiro atoms. The van der Waals surface area contributed by atoms with Crippen LogP contribution in [0.5, 0.6) is 0 Å². The Bertz CT molecular complexity index is 481. The number of halogens is 1. The van der Waals surface area contributed by atoms with Crippen molar-refractivity contribution in [2.24, 2.45) is 0 Å². The second kappa shape index (κ2) is 7.68. The van der Waals surface area contributed by atoms with Gasteiger partial charge < -0.3 is 5.32 Å². The van der Waals surface area contributed by atoms with Crippen molar-refractivity contribution in [2.45, 2.75) is 25.7 Å². The van der Waals surface area contributed by atoms with Crippen molar-refractivity contribution in [3.63, 3.8) is 0 Å². The average Bonchev–Trinajstić information content (AvgIpc) is 2.91. The van der Waals surface area contributed by atoms with E-state index in [2.05, 4.69) is 41.2 Å². The van der Waals surface area contributed by atoms with Crippen LogP contribution in [0.25, 0.3) is 0 Å². The standard InChI is InChI=1S/C16H20ClNS/c1-2-8-18-11-14(10-13-7-9-19-12-13)15-5-3-4-6-16(15)17/h3-7,9,12,14,18H,2,8,10-11H2,1H3. The lowest BCUT2D eigenvalue weighted by Gasteiger charge is -2.19. The van der Waals surface area contributed by atoms with Crippen LogP contribution in [-0.2, 0) is 6.42 Å². The fourth-order valence-corrected chi connectivity index (χ4v) is 3.22. The Morgan fingerprint density at radius 2 is 2.11 bits per heavy atom. The van der Waals surface area contributed by atoms with E-state index in [-0.39, 0.29) is 0 Å². The molecule has 1 aromatic carbocycles. The Hall–Kier alpha value is -0.830. The molecule has 19 heavy (non-hydrogen) atoms. The van der Waals surface area contributed by atoms with Crippen LogP contribution in [0, 0.1) is 0 Å². The van der Waals surface area contributed by atoms with E-state index in [1.165, 1.54) is 11.1 Å². The van der Waals surface area contributed by atoms with Crippen LogP contribution in [0.2, 0.25) is 5.02 Å². The first-order valence-electron chi connectivity index (χ1n) is 6.77. The average molecular weight is 294 g/mol. The highest BCUT2D eigenvalue weighted by Gasteiger charge is 2.15. The smallest absolute Gasteiger partial charge is 0.0441 e. The van der Waals surface area contributed by atoms with Crippen molar-refractivity contribution < 1.29 is 0 Å². The van der Waals surface area contributed by atoms with Crippen LogP contribution in [-0.4, -0.2) is 13.1 Å². The van der Waals surface area contributed by atoms with Gasteiger partial charge in [-0.25, -0.2) is 0 Å². The van der Waals surface area contributed by atoms with Crippen molar-refractivity contribution in [3.05, 3.63) is 57.2 Å². The second-order valence-electron chi connectivity index (χ2n) is 4.76. The maximum absolute atomic E-state index is 6.35. The van der Waals surface area contributed by atoms with E-state index < -0.39 is 0 Å². The van der Waals surface area contributed by atoms with E-state index >= 15 is 0 Å². The third-order valence-electron chi connectivity index (χ3n) is 3.22. The highest BCUT2D eigenvalue weighted by molar-refractivity contribution is 7.07. The minimum atomic E-state index is 0.440. The lowest BCUT2D eigenvalue weighted by Crippen LogP contribution is -2.23. The van der Waals surface area contributed by atoms with Crippen LogP contribution < -0.4 is 5.32 Å². The first-order valence-corrected chi connectivity index (χ1v) is 8.09. The first-order chi connectivity index (χ1) is 9.31. The Kier molecular flexibility index (Phi) is 5.90. The third-order valence-corrected chi connectivity index (χ3v) is 4.30. The summed E-state index contributed by atoms with van der Waals surface area (Å²) in [6, 6.07) is 10.4. The van der Waals surface area contributed by atoms with Crippen LogP contribution >= 0.6 is 22.9 Å². The molecule has 2 rings (SSSR count). The molecule has 2 aromatic rings. The maximum Gasteiger partial charge on any atom is 0.0441 e. The molecular formula is C16H20ClNS. The summed E-state index contributed by atoms with van der Waals surface area (Å²) in [5.74, 6) is 0.440. The zero-order valence-corrected chi connectivity index (χ0v) is 12.8. The minimum absolute atomic E-state index is 0.440. The molecule has 1 N–H and O–H groups in total. The Labute approximate surface area is 124 Å². The van der Waals surface area contributed by atoms with E-state index in [4.69, 9.17) is 11.6 Å². The van der Waals surface area contributed by atoms with Crippen molar-refractivity contribution in [2.75, 3.05) is 13.1 Å². The first kappa shape index (κ1) is 14.6. The zero-order valence-electron chi connectivity index (χ0n) is 11.2. The molecule has 1 nitrogen and oxygen atoms in total. The van der Waals surface area contributed by atoms with Gasteiger partial charge in [-0.05, 0) is 53.4 Å². The van der Waals surface area contributed by atoms with Gasteiger partial charge in [0.05, 0.1) is 0 Å². The van der Waals surface area contributed by atoms with Crippen LogP contribution in [0.3, 0.4) is 0 Å². The van der Waals surface area contributed by atoms with Gasteiger partial charge in [0.1, 0.15) is 0 Å². The molecule has 1 heterocycles. The summed E-state index contributed by atoms with van der Waals surface area (Å²) in [5, 5.41) is 8.76. The fourth-order valence-electron chi connectivity index (χ4n) is 2.24. The van der Waals surface area contributed by atoms with E-state index in [1.54, 1.807) is 11.3 Å². The van der Waals surface area contributed by atoms with Crippen molar-refractivity contribution in [1.82, 2.24) is 5.32 Å². The minimum Gasteiger partial charge on any atom is -0.316 e. The van der Waals surface area contributed by atoms with Gasteiger partial charge in [-0.3, -0.25) is 0 Å². The molecule has 0 bridgehead atoms. The van der Waals surface area contributed by atoms with Crippen molar-refractivity contribution >= 4 is 22.9 Å². The molecule has 0 fully saturated rings. The fraction of sp³-hybridized carbons (Fsp3) is 0.375. The number of thiophene rings is 1. The van der Waals surface area contributed by atoms with Gasteiger partial charge in [0.2, 0.25) is 0 Å². The monoisotopic (exact) mass is 293 g/mol. The van der Waals surface area contributed by atoms with Gasteiger partial charge in [0, 0.05) is 17.5 Å². The topological polar surface area (TPSA) is 12.0 Å². The molecule has 1 unspecified atom stereocenters. The number of nitrogens with one attached hydrogen (secondary N) is 1. The van der Waals surface area contributed by atoms with Gasteiger partial charge >= 0.3 is 0 Å². The normalized spacial score (nSPS) is 12.5. The molecule has 0 aliphatic carbocycles. The molecule has 1 aromatic heterocycles. The summed E-state index contributed by atoms with van der Waals surface area (Å²) in [6.07, 6.45) is 2.21. The Balaban J connectivity index is 2.11. The molecular weight excluding hydrogens is 274 g/mol. The molecule has 0 aliphatic rings. The van der Waals surface area contributed by atoms with Gasteiger partial charge in [-0.15, -0.1) is 0 Å². The number of rotatable bonds is 7. The van der Waals surface area contributed by atoms with Crippen LogP contribution in [0.1, 0.15) is 30.4 Å². The Morgan fingerprint density at radius 1 is 1.26 bits per heavy atom. The van der Waals surface area contributed by atoms with Gasteiger partial charge in [-0.2, -0.15) is 11.3 Å². The number of hydrogen-bond donors (Lipinski definition) is 1. The van der Waals surface area contributed by atoms with Gasteiger partial charge in [-0.1, -0.05) is 36.7 Å². The summed E-state index contributed by atoms with van der Waals surface area (Å²) in [7, 11) is 0. The summed E-state index contributed by atoms with van der Waals surface area (Å²) in [4.78, 5) is 0. The molecule has 0 amide bonds.